The van der Waals surface area contributed by atoms with Crippen molar-refractivity contribution in [1.82, 2.24) is 14.6 Å². The summed E-state index contributed by atoms with van der Waals surface area (Å²) >= 11 is 0.969. The van der Waals surface area contributed by atoms with Gasteiger partial charge in [0.15, 0.2) is 5.13 Å². The molecule has 4 rings (SSSR count). The SMILES string of the molecule is CC(C)CS(=O)(=O)N[C@H]1CC[C@H](Nc2nc(N)c(C(=O)c3c(F)cc(CN4CCC4)cc3F)s2)CC1. The van der Waals surface area contributed by atoms with Crippen molar-refractivity contribution < 1.29 is 22.0 Å². The molecule has 0 amide bonds. The number of rotatable bonds is 10. The van der Waals surface area contributed by atoms with Crippen molar-refractivity contribution in [2.45, 2.75) is 64.6 Å². The smallest absolute Gasteiger partial charge is 0.212 e. The molecule has 2 fully saturated rings. The number of nitrogens with two attached hydrogens (primary N) is 1. The van der Waals surface area contributed by atoms with Crippen LogP contribution in [0.5, 0.6) is 0 Å². The summed E-state index contributed by atoms with van der Waals surface area (Å²) in [5.74, 6) is -2.56. The van der Waals surface area contributed by atoms with Crippen LogP contribution in [0.15, 0.2) is 12.1 Å². The van der Waals surface area contributed by atoms with Crippen molar-refractivity contribution in [3.8, 4) is 0 Å². The van der Waals surface area contributed by atoms with Gasteiger partial charge in [-0.25, -0.2) is 26.9 Å². The van der Waals surface area contributed by atoms with E-state index in [4.69, 9.17) is 5.73 Å². The maximum absolute atomic E-state index is 14.8. The van der Waals surface area contributed by atoms with Crippen LogP contribution in [0.1, 0.15) is 66.8 Å². The molecule has 1 aliphatic heterocycles. The lowest BCUT2D eigenvalue weighted by Gasteiger charge is -2.30. The number of nitrogens with one attached hydrogen (secondary N) is 2. The third-order valence-electron chi connectivity index (χ3n) is 6.50. The summed E-state index contributed by atoms with van der Waals surface area (Å²) in [4.78, 5) is 19.2. The van der Waals surface area contributed by atoms with Crippen LogP contribution in [0.2, 0.25) is 0 Å². The van der Waals surface area contributed by atoms with E-state index in [9.17, 15) is 22.0 Å². The Hall–Kier alpha value is -2.15. The van der Waals surface area contributed by atoms with Gasteiger partial charge in [-0.1, -0.05) is 25.2 Å². The van der Waals surface area contributed by atoms with E-state index in [0.29, 0.717) is 42.9 Å². The van der Waals surface area contributed by atoms with E-state index in [1.807, 2.05) is 13.8 Å². The van der Waals surface area contributed by atoms with Crippen LogP contribution in [-0.2, 0) is 16.6 Å². The second-order valence-electron chi connectivity index (χ2n) is 10.1. The molecule has 0 spiro atoms. The second kappa shape index (κ2) is 11.1. The van der Waals surface area contributed by atoms with Gasteiger partial charge in [0.2, 0.25) is 15.8 Å². The first-order chi connectivity index (χ1) is 17.0. The molecule has 1 aromatic heterocycles. The summed E-state index contributed by atoms with van der Waals surface area (Å²) in [5, 5.41) is 3.64. The normalized spacial score (nSPS) is 20.9. The number of thiazole rings is 1. The fourth-order valence-electron chi connectivity index (χ4n) is 4.67. The molecule has 198 valence electrons. The van der Waals surface area contributed by atoms with Gasteiger partial charge in [0.25, 0.3) is 0 Å². The molecule has 12 heteroatoms. The summed E-state index contributed by atoms with van der Waals surface area (Å²) in [7, 11) is -3.31. The Bertz CT molecular complexity index is 1180. The number of carbonyl (C=O) groups excluding carboxylic acids is 1. The summed E-state index contributed by atoms with van der Waals surface area (Å²) < 4.78 is 56.7. The van der Waals surface area contributed by atoms with Crippen molar-refractivity contribution in [1.29, 1.82) is 0 Å². The zero-order valence-electron chi connectivity index (χ0n) is 20.5. The van der Waals surface area contributed by atoms with Crippen LogP contribution in [0.4, 0.5) is 19.7 Å². The monoisotopic (exact) mass is 541 g/mol. The second-order valence-corrected chi connectivity index (χ2v) is 12.9. The molecule has 1 aromatic carbocycles. The maximum atomic E-state index is 14.8. The van der Waals surface area contributed by atoms with Crippen LogP contribution in [-0.4, -0.2) is 55.0 Å². The Morgan fingerprint density at radius 3 is 2.33 bits per heavy atom. The average molecular weight is 542 g/mol. The maximum Gasteiger partial charge on any atom is 0.212 e. The predicted octanol–water partition coefficient (Wildman–Crippen LogP) is 3.74. The number of hydrogen-bond acceptors (Lipinski definition) is 8. The van der Waals surface area contributed by atoms with Gasteiger partial charge in [0.1, 0.15) is 22.3 Å². The zero-order chi connectivity index (χ0) is 26.0. The fourth-order valence-corrected chi connectivity index (χ4v) is 7.30. The van der Waals surface area contributed by atoms with Crippen molar-refractivity contribution in [3.05, 3.63) is 39.8 Å². The molecule has 8 nitrogen and oxygen atoms in total. The van der Waals surface area contributed by atoms with Gasteiger partial charge in [0, 0.05) is 18.6 Å². The van der Waals surface area contributed by atoms with Gasteiger partial charge in [0.05, 0.1) is 11.3 Å². The highest BCUT2D eigenvalue weighted by Gasteiger charge is 2.28. The fraction of sp³-hybridized carbons (Fsp3) is 0.583. The molecule has 0 radical (unpaired) electrons. The Kier molecular flexibility index (Phi) is 8.28. The van der Waals surface area contributed by atoms with Gasteiger partial charge < -0.3 is 11.1 Å². The predicted molar refractivity (Wildman–Crippen MR) is 138 cm³/mol. The third kappa shape index (κ3) is 6.58. The van der Waals surface area contributed by atoms with E-state index < -0.39 is 33.0 Å². The zero-order valence-corrected chi connectivity index (χ0v) is 22.2. The lowest BCUT2D eigenvalue weighted by Crippen LogP contribution is -2.41. The van der Waals surface area contributed by atoms with Crippen LogP contribution in [0.3, 0.4) is 0 Å². The first-order valence-corrected chi connectivity index (χ1v) is 14.8. The van der Waals surface area contributed by atoms with Crippen LogP contribution < -0.4 is 15.8 Å². The van der Waals surface area contributed by atoms with E-state index in [2.05, 4.69) is 19.9 Å². The van der Waals surface area contributed by atoms with Crippen molar-refractivity contribution >= 4 is 38.1 Å². The lowest BCUT2D eigenvalue weighted by molar-refractivity contribution is 0.103. The Morgan fingerprint density at radius 2 is 1.78 bits per heavy atom. The number of ketones is 1. The third-order valence-corrected chi connectivity index (χ3v) is 9.30. The number of nitrogen functional groups attached to an aromatic ring is 1. The minimum absolute atomic E-state index is 0.0130. The molecule has 1 aliphatic carbocycles. The Balaban J connectivity index is 1.37. The topological polar surface area (TPSA) is 117 Å². The van der Waals surface area contributed by atoms with Crippen LogP contribution >= 0.6 is 11.3 Å². The van der Waals surface area contributed by atoms with Gasteiger partial charge in [-0.15, -0.1) is 0 Å². The summed E-state index contributed by atoms with van der Waals surface area (Å²) in [6.45, 7) is 5.97. The van der Waals surface area contributed by atoms with Crippen molar-refractivity contribution in [3.63, 3.8) is 0 Å². The van der Waals surface area contributed by atoms with Crippen molar-refractivity contribution in [2.24, 2.45) is 5.92 Å². The standard InChI is InChI=1S/C24H33F2N5O3S2/c1-14(2)13-36(33,34)30-17-6-4-16(5-7-17)28-24-29-23(27)22(35-24)21(32)20-18(25)10-15(11-19(20)26)12-31-8-3-9-31/h10-11,14,16-17,30H,3-9,12-13,27H2,1-2H3,(H,28,29)/t16-,17-. The number of carbonyl (C=O) groups is 1. The minimum Gasteiger partial charge on any atom is -0.382 e. The van der Waals surface area contributed by atoms with Crippen LogP contribution in [0.25, 0.3) is 0 Å². The van der Waals surface area contributed by atoms with Crippen LogP contribution in [0, 0.1) is 17.6 Å². The average Bonchev–Trinajstić information content (AvgIpc) is 3.10. The summed E-state index contributed by atoms with van der Waals surface area (Å²) in [6, 6.07) is 2.33. The van der Waals surface area contributed by atoms with Gasteiger partial charge in [-0.2, -0.15) is 0 Å². The highest BCUT2D eigenvalue weighted by atomic mass is 32.2. The number of nitrogens with zero attached hydrogens (tertiary/aromatic N) is 2. The Labute approximate surface area is 214 Å². The summed E-state index contributed by atoms with van der Waals surface area (Å²) in [6.07, 6.45) is 3.82. The van der Waals surface area contributed by atoms with Gasteiger partial charge in [-0.05, 0) is 68.8 Å². The number of hydrogen-bond donors (Lipinski definition) is 3. The van der Waals surface area contributed by atoms with E-state index in [1.165, 1.54) is 12.1 Å². The molecule has 0 bridgehead atoms. The molecular formula is C24H33F2N5O3S2. The van der Waals surface area contributed by atoms with Crippen molar-refractivity contribution in [2.75, 3.05) is 29.9 Å². The number of likely N-dealkylation sites (tertiary alicyclic amines) is 1. The molecule has 1 saturated carbocycles. The molecule has 0 unspecified atom stereocenters. The number of halogens is 2. The quantitative estimate of drug-likeness (QED) is 0.392. The van der Waals surface area contributed by atoms with Gasteiger partial charge >= 0.3 is 0 Å². The number of aromatic nitrogens is 1. The highest BCUT2D eigenvalue weighted by molar-refractivity contribution is 7.89. The Morgan fingerprint density at radius 1 is 1.17 bits per heavy atom. The number of benzene rings is 1. The molecule has 1 saturated heterocycles. The van der Waals surface area contributed by atoms with Gasteiger partial charge in [-0.3, -0.25) is 9.69 Å². The first-order valence-electron chi connectivity index (χ1n) is 12.3. The minimum atomic E-state index is -3.31. The number of anilines is 2. The molecule has 2 aromatic rings. The lowest BCUT2D eigenvalue weighted by atomic mass is 9.92. The van der Waals surface area contributed by atoms with E-state index in [1.54, 1.807) is 0 Å². The summed E-state index contributed by atoms with van der Waals surface area (Å²) in [5.41, 5.74) is 5.81. The van der Waals surface area contributed by atoms with E-state index >= 15 is 0 Å². The molecular weight excluding hydrogens is 508 g/mol. The molecule has 4 N–H and O–H groups in total. The largest absolute Gasteiger partial charge is 0.382 e. The highest BCUT2D eigenvalue weighted by Crippen LogP contribution is 2.32. The van der Waals surface area contributed by atoms with E-state index in [-0.39, 0.29) is 34.4 Å². The molecule has 2 aliphatic rings. The molecule has 0 atom stereocenters. The molecule has 36 heavy (non-hydrogen) atoms. The molecule has 2 heterocycles. The number of sulfonamides is 1. The van der Waals surface area contributed by atoms with E-state index in [0.717, 1.165) is 30.8 Å². The first kappa shape index (κ1) is 26.9.